The minimum absolute atomic E-state index is 0.215. The maximum absolute atomic E-state index is 4.51. The number of thiophene rings is 1. The highest BCUT2D eigenvalue weighted by Gasteiger charge is 2.18. The molecule has 0 saturated heterocycles. The Morgan fingerprint density at radius 2 is 2.05 bits per heavy atom. The predicted molar refractivity (Wildman–Crippen MR) is 88.1 cm³/mol. The summed E-state index contributed by atoms with van der Waals surface area (Å²) in [6.45, 7) is 5.23. The number of aromatic nitrogens is 2. The number of benzene rings is 1. The van der Waals surface area contributed by atoms with Gasteiger partial charge >= 0.3 is 0 Å². The summed E-state index contributed by atoms with van der Waals surface area (Å²) in [7, 11) is 0. The second-order valence-corrected chi connectivity index (χ2v) is 5.96. The lowest BCUT2D eigenvalue weighted by Crippen LogP contribution is -2.21. The van der Waals surface area contributed by atoms with Crippen LogP contribution in [0.2, 0.25) is 0 Å². The van der Waals surface area contributed by atoms with E-state index in [0.29, 0.717) is 0 Å². The van der Waals surface area contributed by atoms with Gasteiger partial charge in [-0.1, -0.05) is 25.1 Å². The molecule has 0 amide bonds. The topological polar surface area (TPSA) is 29.9 Å². The third-order valence-electron chi connectivity index (χ3n) is 3.53. The first-order valence-electron chi connectivity index (χ1n) is 7.17. The van der Waals surface area contributed by atoms with Gasteiger partial charge in [0.2, 0.25) is 0 Å². The molecule has 3 aromatic rings. The van der Waals surface area contributed by atoms with Gasteiger partial charge in [-0.2, -0.15) is 5.10 Å². The van der Waals surface area contributed by atoms with E-state index in [9.17, 15) is 0 Å². The van der Waals surface area contributed by atoms with Gasteiger partial charge < -0.3 is 5.32 Å². The van der Waals surface area contributed by atoms with Crippen LogP contribution in [0.5, 0.6) is 0 Å². The first kappa shape index (κ1) is 14.0. The van der Waals surface area contributed by atoms with Gasteiger partial charge in [0, 0.05) is 16.6 Å². The zero-order chi connectivity index (χ0) is 14.7. The number of hydrogen-bond acceptors (Lipinski definition) is 3. The molecule has 4 heteroatoms. The largest absolute Gasteiger partial charge is 0.306 e. The van der Waals surface area contributed by atoms with Crippen molar-refractivity contribution < 1.29 is 0 Å². The fourth-order valence-corrected chi connectivity index (χ4v) is 3.48. The smallest absolute Gasteiger partial charge is 0.0704 e. The molecule has 0 aliphatic carbocycles. The van der Waals surface area contributed by atoms with Crippen LogP contribution in [0.25, 0.3) is 5.69 Å². The number of para-hydroxylation sites is 1. The molecule has 1 N–H and O–H groups in total. The van der Waals surface area contributed by atoms with E-state index in [2.05, 4.69) is 54.0 Å². The Labute approximate surface area is 129 Å². The minimum Gasteiger partial charge on any atom is -0.306 e. The zero-order valence-corrected chi connectivity index (χ0v) is 13.1. The van der Waals surface area contributed by atoms with Crippen molar-refractivity contribution in [2.24, 2.45) is 0 Å². The number of aryl methyl sites for hydroxylation is 1. The fraction of sp³-hybridized carbons (Fsp3) is 0.235. The summed E-state index contributed by atoms with van der Waals surface area (Å²) in [6, 6.07) is 12.6. The maximum atomic E-state index is 4.51. The Morgan fingerprint density at radius 1 is 1.24 bits per heavy atom. The van der Waals surface area contributed by atoms with Gasteiger partial charge in [-0.05, 0) is 42.6 Å². The Hall–Kier alpha value is -1.91. The molecule has 0 saturated carbocycles. The SMILES string of the molecule is CCNC(c1cnn(-c2ccccc2)c1)c1sccc1C. The quantitative estimate of drug-likeness (QED) is 0.773. The molecule has 1 aromatic carbocycles. The molecule has 3 nitrogen and oxygen atoms in total. The third kappa shape index (κ3) is 2.91. The maximum Gasteiger partial charge on any atom is 0.0704 e. The molecule has 0 bridgehead atoms. The van der Waals surface area contributed by atoms with Gasteiger partial charge in [-0.15, -0.1) is 11.3 Å². The predicted octanol–water partition coefficient (Wildman–Crippen LogP) is 3.94. The molecule has 0 aliphatic rings. The lowest BCUT2D eigenvalue weighted by molar-refractivity contribution is 0.637. The molecule has 1 unspecified atom stereocenters. The summed E-state index contributed by atoms with van der Waals surface area (Å²) < 4.78 is 1.93. The molecular formula is C17H19N3S. The summed E-state index contributed by atoms with van der Waals surface area (Å²) in [4.78, 5) is 1.37. The number of rotatable bonds is 5. The Balaban J connectivity index is 1.95. The summed E-state index contributed by atoms with van der Waals surface area (Å²) in [5.41, 5.74) is 3.62. The van der Waals surface area contributed by atoms with Crippen molar-refractivity contribution in [3.63, 3.8) is 0 Å². The lowest BCUT2D eigenvalue weighted by atomic mass is 10.1. The molecule has 2 aromatic heterocycles. The van der Waals surface area contributed by atoms with Crippen LogP contribution >= 0.6 is 11.3 Å². The van der Waals surface area contributed by atoms with Gasteiger partial charge in [-0.3, -0.25) is 0 Å². The zero-order valence-electron chi connectivity index (χ0n) is 12.3. The molecule has 0 radical (unpaired) electrons. The highest BCUT2D eigenvalue weighted by molar-refractivity contribution is 7.10. The van der Waals surface area contributed by atoms with Gasteiger partial charge in [0.1, 0.15) is 0 Å². The van der Waals surface area contributed by atoms with Gasteiger partial charge in [-0.25, -0.2) is 4.68 Å². The van der Waals surface area contributed by atoms with E-state index in [-0.39, 0.29) is 6.04 Å². The van der Waals surface area contributed by atoms with Crippen LogP contribution in [-0.4, -0.2) is 16.3 Å². The highest BCUT2D eigenvalue weighted by atomic mass is 32.1. The second kappa shape index (κ2) is 6.24. The summed E-state index contributed by atoms with van der Waals surface area (Å²) >= 11 is 1.80. The van der Waals surface area contributed by atoms with Crippen LogP contribution in [0.3, 0.4) is 0 Å². The fourth-order valence-electron chi connectivity index (χ4n) is 2.45. The van der Waals surface area contributed by atoms with Crippen LogP contribution < -0.4 is 5.32 Å². The van der Waals surface area contributed by atoms with E-state index < -0.39 is 0 Å². The molecule has 1 atom stereocenters. The van der Waals surface area contributed by atoms with E-state index in [1.54, 1.807) is 11.3 Å². The van der Waals surface area contributed by atoms with E-state index in [4.69, 9.17) is 0 Å². The lowest BCUT2D eigenvalue weighted by Gasteiger charge is -2.16. The normalized spacial score (nSPS) is 12.5. The Bertz CT molecular complexity index is 700. The van der Waals surface area contributed by atoms with Gasteiger partial charge in [0.25, 0.3) is 0 Å². The highest BCUT2D eigenvalue weighted by Crippen LogP contribution is 2.29. The molecule has 0 aliphatic heterocycles. The third-order valence-corrected chi connectivity index (χ3v) is 4.61. The Kier molecular flexibility index (Phi) is 4.18. The standard InChI is InChI=1S/C17H19N3S/c1-3-18-16(17-13(2)9-10-21-17)14-11-19-20(12-14)15-7-5-4-6-8-15/h4-12,16,18H,3H2,1-2H3. The van der Waals surface area contributed by atoms with E-state index in [1.165, 1.54) is 16.0 Å². The van der Waals surface area contributed by atoms with E-state index in [0.717, 1.165) is 12.2 Å². The van der Waals surface area contributed by atoms with Crippen molar-refractivity contribution in [1.82, 2.24) is 15.1 Å². The Morgan fingerprint density at radius 3 is 2.71 bits per heavy atom. The average molecular weight is 297 g/mol. The van der Waals surface area contributed by atoms with Gasteiger partial charge in [0.05, 0.1) is 17.9 Å². The first-order chi connectivity index (χ1) is 10.3. The van der Waals surface area contributed by atoms with Crippen LogP contribution in [0.1, 0.15) is 29.0 Å². The number of nitrogens with one attached hydrogen (secondary N) is 1. The van der Waals surface area contributed by atoms with Crippen LogP contribution in [0.15, 0.2) is 54.2 Å². The van der Waals surface area contributed by atoms with Crippen molar-refractivity contribution in [2.45, 2.75) is 19.9 Å². The molecule has 2 heterocycles. The minimum atomic E-state index is 0.215. The van der Waals surface area contributed by atoms with E-state index >= 15 is 0 Å². The molecule has 108 valence electrons. The van der Waals surface area contributed by atoms with Crippen LogP contribution in [-0.2, 0) is 0 Å². The molecule has 21 heavy (non-hydrogen) atoms. The van der Waals surface area contributed by atoms with Crippen molar-refractivity contribution >= 4 is 11.3 Å². The van der Waals surface area contributed by atoms with E-state index in [1.807, 2.05) is 29.1 Å². The first-order valence-corrected chi connectivity index (χ1v) is 8.05. The van der Waals surface area contributed by atoms with Crippen molar-refractivity contribution in [3.05, 3.63) is 70.2 Å². The molecular weight excluding hydrogens is 278 g/mol. The molecule has 3 rings (SSSR count). The molecule has 0 spiro atoms. The van der Waals surface area contributed by atoms with Crippen molar-refractivity contribution in [1.29, 1.82) is 0 Å². The summed E-state index contributed by atoms with van der Waals surface area (Å²) in [6.07, 6.45) is 4.07. The van der Waals surface area contributed by atoms with Crippen LogP contribution in [0, 0.1) is 6.92 Å². The van der Waals surface area contributed by atoms with Crippen LogP contribution in [0.4, 0.5) is 0 Å². The average Bonchev–Trinajstić information content (AvgIpc) is 3.15. The molecule has 0 fully saturated rings. The van der Waals surface area contributed by atoms with Crippen molar-refractivity contribution in [2.75, 3.05) is 6.54 Å². The summed E-state index contributed by atoms with van der Waals surface area (Å²) in [5.74, 6) is 0. The summed E-state index contributed by atoms with van der Waals surface area (Å²) in [5, 5.41) is 10.2. The monoisotopic (exact) mass is 297 g/mol. The number of hydrogen-bond donors (Lipinski definition) is 1. The second-order valence-electron chi connectivity index (χ2n) is 5.01. The van der Waals surface area contributed by atoms with Crippen molar-refractivity contribution in [3.8, 4) is 5.69 Å². The van der Waals surface area contributed by atoms with Gasteiger partial charge in [0.15, 0.2) is 0 Å². The number of nitrogens with zero attached hydrogens (tertiary/aromatic N) is 2.